The van der Waals surface area contributed by atoms with Gasteiger partial charge in [-0.15, -0.1) is 0 Å². The number of hydrogen-bond donors (Lipinski definition) is 0. The van der Waals surface area contributed by atoms with Crippen molar-refractivity contribution < 1.29 is 18.3 Å². The third-order valence-electron chi connectivity index (χ3n) is 1.22. The predicted molar refractivity (Wildman–Crippen MR) is 41.3 cm³/mol. The fourth-order valence-electron chi connectivity index (χ4n) is 0.717. The Balaban J connectivity index is 3.05. The average Bonchev–Trinajstić information content (AvgIpc) is 2.03. The zero-order chi connectivity index (χ0) is 9.84. The Labute approximate surface area is 77.3 Å². The fraction of sp³-hybridized carbons (Fsp3) is 0.143. The Kier molecular flexibility index (Phi) is 3.13. The van der Waals surface area contributed by atoms with E-state index >= 15 is 0 Å². The maximum absolute atomic E-state index is 11.7. The van der Waals surface area contributed by atoms with E-state index in [9.17, 15) is 13.6 Å². The van der Waals surface area contributed by atoms with Crippen LogP contribution in [0.5, 0.6) is 5.88 Å². The second-order valence-electron chi connectivity index (χ2n) is 2.01. The first-order chi connectivity index (χ1) is 6.15. The van der Waals surface area contributed by atoms with Crippen molar-refractivity contribution in [2.24, 2.45) is 0 Å². The third kappa shape index (κ3) is 2.35. The molecule has 70 valence electrons. The number of ether oxygens (including phenoxy) is 1. The van der Waals surface area contributed by atoms with Crippen molar-refractivity contribution in [2.75, 3.05) is 0 Å². The fourth-order valence-corrected chi connectivity index (χ4v) is 0.899. The minimum atomic E-state index is -3.02. The Hall–Kier alpha value is -1.23. The van der Waals surface area contributed by atoms with E-state index < -0.39 is 12.5 Å². The molecule has 0 bridgehead atoms. The van der Waals surface area contributed by atoms with Crippen molar-refractivity contribution in [1.82, 2.24) is 4.98 Å². The predicted octanol–water partition coefficient (Wildman–Crippen LogP) is 2.15. The molecule has 0 saturated carbocycles. The van der Waals surface area contributed by atoms with Crippen molar-refractivity contribution in [1.29, 1.82) is 0 Å². The highest BCUT2D eigenvalue weighted by atomic mass is 35.5. The molecule has 0 fully saturated rings. The van der Waals surface area contributed by atoms with Crippen LogP contribution in [0.4, 0.5) is 8.78 Å². The Morgan fingerprint density at radius 3 is 2.85 bits per heavy atom. The molecule has 0 amide bonds. The van der Waals surface area contributed by atoms with Gasteiger partial charge in [-0.2, -0.15) is 8.78 Å². The minimum absolute atomic E-state index is 0.0284. The van der Waals surface area contributed by atoms with Gasteiger partial charge in [-0.3, -0.25) is 4.79 Å². The molecule has 1 heterocycles. The van der Waals surface area contributed by atoms with E-state index in [-0.39, 0.29) is 10.6 Å². The van der Waals surface area contributed by atoms with Gasteiger partial charge in [0.1, 0.15) is 0 Å². The second-order valence-corrected chi connectivity index (χ2v) is 2.42. The Morgan fingerprint density at radius 1 is 1.62 bits per heavy atom. The zero-order valence-corrected chi connectivity index (χ0v) is 6.96. The summed E-state index contributed by atoms with van der Waals surface area (Å²) in [5, 5.41) is 0.0284. The van der Waals surface area contributed by atoms with Crippen LogP contribution >= 0.6 is 11.6 Å². The van der Waals surface area contributed by atoms with E-state index in [2.05, 4.69) is 9.72 Å². The number of hydrogen-bond acceptors (Lipinski definition) is 3. The van der Waals surface area contributed by atoms with E-state index in [0.717, 1.165) is 0 Å². The molecule has 0 radical (unpaired) electrons. The van der Waals surface area contributed by atoms with E-state index in [1.807, 2.05) is 0 Å². The number of nitrogens with zero attached hydrogens (tertiary/aromatic N) is 1. The number of aromatic nitrogens is 1. The van der Waals surface area contributed by atoms with Crippen LogP contribution in [-0.4, -0.2) is 17.9 Å². The largest absolute Gasteiger partial charge is 0.416 e. The first kappa shape index (κ1) is 9.85. The van der Waals surface area contributed by atoms with Crippen molar-refractivity contribution >= 4 is 17.9 Å². The summed E-state index contributed by atoms with van der Waals surface area (Å²) in [5.41, 5.74) is -0.176. The summed E-state index contributed by atoms with van der Waals surface area (Å²) >= 11 is 5.52. The van der Waals surface area contributed by atoms with E-state index in [0.29, 0.717) is 6.29 Å². The highest BCUT2D eigenvalue weighted by molar-refractivity contribution is 6.33. The molecule has 3 nitrogen and oxygen atoms in total. The summed E-state index contributed by atoms with van der Waals surface area (Å²) in [6.45, 7) is -3.02. The zero-order valence-electron chi connectivity index (χ0n) is 6.21. The smallest absolute Gasteiger partial charge is 0.388 e. The summed E-state index contributed by atoms with van der Waals surface area (Å²) in [6, 6.07) is 1.31. The molecule has 0 aromatic carbocycles. The molecule has 1 rings (SSSR count). The van der Waals surface area contributed by atoms with Crippen LogP contribution in [0.2, 0.25) is 5.02 Å². The van der Waals surface area contributed by atoms with Gasteiger partial charge in [-0.05, 0) is 6.07 Å². The topological polar surface area (TPSA) is 39.2 Å². The number of carbonyl (C=O) groups is 1. The summed E-state index contributed by atoms with van der Waals surface area (Å²) < 4.78 is 27.5. The Bertz CT molecular complexity index is 319. The maximum Gasteiger partial charge on any atom is 0.388 e. The van der Waals surface area contributed by atoms with Gasteiger partial charge in [0, 0.05) is 6.20 Å². The molecule has 1 aromatic heterocycles. The molecule has 13 heavy (non-hydrogen) atoms. The number of rotatable bonds is 3. The SMILES string of the molecule is O=Cc1c(Cl)ccnc1OC(F)F. The normalized spacial score (nSPS) is 10.2. The minimum Gasteiger partial charge on any atom is -0.416 e. The van der Waals surface area contributed by atoms with Crippen LogP contribution in [0.1, 0.15) is 10.4 Å². The molecule has 0 spiro atoms. The number of alkyl halides is 2. The van der Waals surface area contributed by atoms with Crippen LogP contribution in [-0.2, 0) is 0 Å². The maximum atomic E-state index is 11.7. The molecule has 0 saturated heterocycles. The number of carbonyl (C=O) groups excluding carboxylic acids is 1. The lowest BCUT2D eigenvalue weighted by atomic mass is 10.3. The van der Waals surface area contributed by atoms with Crippen molar-refractivity contribution in [3.63, 3.8) is 0 Å². The summed E-state index contributed by atoms with van der Waals surface area (Å²) in [6.07, 6.45) is 1.49. The number of pyridine rings is 1. The lowest BCUT2D eigenvalue weighted by Gasteiger charge is -2.05. The first-order valence-corrected chi connectivity index (χ1v) is 3.57. The molecule has 0 unspecified atom stereocenters. The Morgan fingerprint density at radius 2 is 2.31 bits per heavy atom. The first-order valence-electron chi connectivity index (χ1n) is 3.19. The summed E-state index contributed by atoms with van der Waals surface area (Å²) in [5.74, 6) is -0.461. The molecule has 0 atom stereocenters. The van der Waals surface area contributed by atoms with Crippen LogP contribution in [0.25, 0.3) is 0 Å². The monoisotopic (exact) mass is 207 g/mol. The highest BCUT2D eigenvalue weighted by Gasteiger charge is 2.12. The second kappa shape index (κ2) is 4.13. The molecular weight excluding hydrogens is 204 g/mol. The highest BCUT2D eigenvalue weighted by Crippen LogP contribution is 2.22. The van der Waals surface area contributed by atoms with Gasteiger partial charge in [-0.1, -0.05) is 11.6 Å². The molecule has 0 aliphatic heterocycles. The van der Waals surface area contributed by atoms with Gasteiger partial charge in [0.2, 0.25) is 5.88 Å². The van der Waals surface area contributed by atoms with Gasteiger partial charge in [0.25, 0.3) is 0 Å². The van der Waals surface area contributed by atoms with Gasteiger partial charge < -0.3 is 4.74 Å². The van der Waals surface area contributed by atoms with Crippen molar-refractivity contribution in [3.05, 3.63) is 22.8 Å². The number of halogens is 3. The molecule has 1 aromatic rings. The molecule has 0 aliphatic carbocycles. The van der Waals surface area contributed by atoms with Gasteiger partial charge in [0.05, 0.1) is 10.6 Å². The average molecular weight is 208 g/mol. The number of aldehydes is 1. The lowest BCUT2D eigenvalue weighted by molar-refractivity contribution is -0.0530. The van der Waals surface area contributed by atoms with Crippen LogP contribution < -0.4 is 4.74 Å². The van der Waals surface area contributed by atoms with Gasteiger partial charge in [0.15, 0.2) is 6.29 Å². The molecule has 6 heteroatoms. The van der Waals surface area contributed by atoms with Crippen molar-refractivity contribution in [3.8, 4) is 5.88 Å². The van der Waals surface area contributed by atoms with Crippen LogP contribution in [0.3, 0.4) is 0 Å². The van der Waals surface area contributed by atoms with Crippen molar-refractivity contribution in [2.45, 2.75) is 6.61 Å². The molecule has 0 aliphatic rings. The van der Waals surface area contributed by atoms with Crippen LogP contribution in [0, 0.1) is 0 Å². The van der Waals surface area contributed by atoms with E-state index in [1.54, 1.807) is 0 Å². The quantitative estimate of drug-likeness (QED) is 0.713. The van der Waals surface area contributed by atoms with E-state index in [4.69, 9.17) is 11.6 Å². The van der Waals surface area contributed by atoms with E-state index in [1.165, 1.54) is 12.3 Å². The summed E-state index contributed by atoms with van der Waals surface area (Å²) in [7, 11) is 0. The lowest BCUT2D eigenvalue weighted by Crippen LogP contribution is -2.06. The van der Waals surface area contributed by atoms with Crippen LogP contribution in [0.15, 0.2) is 12.3 Å². The standard InChI is InChI=1S/C7H4ClF2NO2/c8-5-1-2-11-6(4(5)3-12)13-7(9)10/h1-3,7H. The van der Waals surface area contributed by atoms with Gasteiger partial charge in [-0.25, -0.2) is 4.98 Å². The summed E-state index contributed by atoms with van der Waals surface area (Å²) in [4.78, 5) is 13.8. The molecular formula is C7H4ClF2NO2. The molecule has 0 N–H and O–H groups in total. The third-order valence-corrected chi connectivity index (χ3v) is 1.55. The van der Waals surface area contributed by atoms with Gasteiger partial charge >= 0.3 is 6.61 Å².